The van der Waals surface area contributed by atoms with Crippen LogP contribution in [0.4, 0.5) is 11.6 Å². The Hall–Kier alpha value is -2.54. The Morgan fingerprint density at radius 3 is 2.76 bits per heavy atom. The van der Waals surface area contributed by atoms with Crippen molar-refractivity contribution in [2.45, 2.75) is 32.4 Å². The number of anilines is 1. The van der Waals surface area contributed by atoms with Crippen molar-refractivity contribution in [1.82, 2.24) is 14.9 Å². The Bertz CT molecular complexity index is 735. The van der Waals surface area contributed by atoms with E-state index in [-0.39, 0.29) is 10.6 Å². The number of nitrogens with zero attached hydrogens (tertiary/aromatic N) is 5. The molecule has 1 unspecified atom stereocenters. The van der Waals surface area contributed by atoms with Crippen molar-refractivity contribution in [3.8, 4) is 0 Å². The molecule has 0 amide bonds. The van der Waals surface area contributed by atoms with Crippen LogP contribution in [0.25, 0.3) is 0 Å². The molecule has 1 saturated heterocycles. The topological polar surface area (TPSA) is 75.4 Å². The first kappa shape index (κ1) is 17.3. The molecule has 7 nitrogen and oxygen atoms in total. The fourth-order valence-electron chi connectivity index (χ4n) is 3.24. The molecule has 1 aliphatic heterocycles. The number of aryl methyl sites for hydroxylation is 1. The summed E-state index contributed by atoms with van der Waals surface area (Å²) in [4.78, 5) is 23.8. The number of hydrogen-bond acceptors (Lipinski definition) is 6. The summed E-state index contributed by atoms with van der Waals surface area (Å²) in [5, 5.41) is 10.8. The highest BCUT2D eigenvalue weighted by molar-refractivity contribution is 5.33. The van der Waals surface area contributed by atoms with Crippen LogP contribution in [0.5, 0.6) is 0 Å². The summed E-state index contributed by atoms with van der Waals surface area (Å²) in [6, 6.07) is 9.10. The van der Waals surface area contributed by atoms with Crippen LogP contribution in [0.3, 0.4) is 0 Å². The highest BCUT2D eigenvalue weighted by Crippen LogP contribution is 2.21. The number of rotatable bonds is 5. The summed E-state index contributed by atoms with van der Waals surface area (Å²) in [5.41, 5.74) is 2.20. The lowest BCUT2D eigenvalue weighted by Gasteiger charge is -2.37. The highest BCUT2D eigenvalue weighted by atomic mass is 16.6. The smallest absolute Gasteiger partial charge is 0.269 e. The standard InChI is InChI=1S/C18H23N5O2/c1-14-9-10-19-18(20-14)21(2)17-4-3-11-22(13-17)12-15-5-7-16(8-6-15)23(24)25/h5-10,17H,3-4,11-13H2,1-2H3. The molecule has 1 aromatic heterocycles. The molecule has 2 heterocycles. The van der Waals surface area contributed by atoms with Crippen LogP contribution in [-0.2, 0) is 6.54 Å². The Morgan fingerprint density at radius 1 is 1.32 bits per heavy atom. The van der Waals surface area contributed by atoms with Gasteiger partial charge in [0.05, 0.1) is 4.92 Å². The summed E-state index contributed by atoms with van der Waals surface area (Å²) >= 11 is 0. The second-order valence-electron chi connectivity index (χ2n) is 6.56. The molecule has 0 aliphatic carbocycles. The molecule has 25 heavy (non-hydrogen) atoms. The van der Waals surface area contributed by atoms with Crippen molar-refractivity contribution in [2.24, 2.45) is 0 Å². The zero-order valence-electron chi connectivity index (χ0n) is 14.6. The normalized spacial score (nSPS) is 18.1. The van der Waals surface area contributed by atoms with Gasteiger partial charge in [-0.25, -0.2) is 9.97 Å². The zero-order chi connectivity index (χ0) is 17.8. The molecule has 2 aromatic rings. The van der Waals surface area contributed by atoms with Crippen molar-refractivity contribution in [3.05, 3.63) is 57.9 Å². The van der Waals surface area contributed by atoms with Crippen molar-refractivity contribution in [3.63, 3.8) is 0 Å². The van der Waals surface area contributed by atoms with Gasteiger partial charge < -0.3 is 4.90 Å². The highest BCUT2D eigenvalue weighted by Gasteiger charge is 2.24. The van der Waals surface area contributed by atoms with Crippen LogP contribution in [0.2, 0.25) is 0 Å². The van der Waals surface area contributed by atoms with Gasteiger partial charge >= 0.3 is 0 Å². The molecule has 0 bridgehead atoms. The molecule has 0 radical (unpaired) electrons. The monoisotopic (exact) mass is 341 g/mol. The molecule has 132 valence electrons. The van der Waals surface area contributed by atoms with Crippen molar-refractivity contribution in [2.75, 3.05) is 25.0 Å². The van der Waals surface area contributed by atoms with E-state index < -0.39 is 0 Å². The molecule has 1 aliphatic rings. The van der Waals surface area contributed by atoms with Gasteiger partial charge in [-0.3, -0.25) is 15.0 Å². The molecular formula is C18H23N5O2. The minimum absolute atomic E-state index is 0.136. The fraction of sp³-hybridized carbons (Fsp3) is 0.444. The van der Waals surface area contributed by atoms with E-state index in [9.17, 15) is 10.1 Å². The average molecular weight is 341 g/mol. The average Bonchev–Trinajstić information content (AvgIpc) is 2.62. The SMILES string of the molecule is Cc1ccnc(N(C)C2CCCN(Cc3ccc([N+](=O)[O-])cc3)C2)n1. The lowest BCUT2D eigenvalue weighted by atomic mass is 10.0. The van der Waals surface area contributed by atoms with Crippen LogP contribution >= 0.6 is 0 Å². The van der Waals surface area contributed by atoms with Crippen LogP contribution in [0.15, 0.2) is 36.5 Å². The number of piperidine rings is 1. The fourth-order valence-corrected chi connectivity index (χ4v) is 3.24. The molecule has 0 N–H and O–H groups in total. The van der Waals surface area contributed by atoms with E-state index in [4.69, 9.17) is 0 Å². The molecule has 0 spiro atoms. The summed E-state index contributed by atoms with van der Waals surface area (Å²) in [6.45, 7) is 4.75. The largest absolute Gasteiger partial charge is 0.340 e. The summed E-state index contributed by atoms with van der Waals surface area (Å²) < 4.78 is 0. The van der Waals surface area contributed by atoms with Crippen molar-refractivity contribution >= 4 is 11.6 Å². The third kappa shape index (κ3) is 4.30. The van der Waals surface area contributed by atoms with Gasteiger partial charge in [-0.1, -0.05) is 12.1 Å². The van der Waals surface area contributed by atoms with Crippen molar-refractivity contribution in [1.29, 1.82) is 0 Å². The van der Waals surface area contributed by atoms with E-state index in [2.05, 4.69) is 26.8 Å². The van der Waals surface area contributed by atoms with Gasteiger partial charge in [-0.2, -0.15) is 0 Å². The van der Waals surface area contributed by atoms with Crippen LogP contribution < -0.4 is 4.90 Å². The van der Waals surface area contributed by atoms with E-state index in [1.54, 1.807) is 18.3 Å². The van der Waals surface area contributed by atoms with E-state index in [1.807, 2.05) is 25.1 Å². The van der Waals surface area contributed by atoms with Crippen LogP contribution in [-0.4, -0.2) is 46.0 Å². The van der Waals surface area contributed by atoms with Gasteiger partial charge in [0.15, 0.2) is 0 Å². The number of non-ortho nitro benzene ring substituents is 1. The molecule has 1 fully saturated rings. The zero-order valence-corrected chi connectivity index (χ0v) is 14.6. The maximum Gasteiger partial charge on any atom is 0.269 e. The number of benzene rings is 1. The maximum atomic E-state index is 10.8. The second-order valence-corrected chi connectivity index (χ2v) is 6.56. The first-order chi connectivity index (χ1) is 12.0. The third-order valence-corrected chi connectivity index (χ3v) is 4.68. The number of likely N-dealkylation sites (N-methyl/N-ethyl adjacent to an activating group) is 1. The first-order valence-corrected chi connectivity index (χ1v) is 8.51. The molecule has 3 rings (SSSR count). The van der Waals surface area contributed by atoms with Gasteiger partial charge in [0.2, 0.25) is 5.95 Å². The predicted octanol–water partition coefficient (Wildman–Crippen LogP) is 2.79. The number of likely N-dealkylation sites (tertiary alicyclic amines) is 1. The number of aromatic nitrogens is 2. The third-order valence-electron chi connectivity index (χ3n) is 4.68. The van der Waals surface area contributed by atoms with Crippen LogP contribution in [0.1, 0.15) is 24.1 Å². The van der Waals surface area contributed by atoms with E-state index in [0.717, 1.165) is 49.7 Å². The second kappa shape index (κ2) is 7.57. The Morgan fingerprint density at radius 2 is 2.08 bits per heavy atom. The molecule has 1 aromatic carbocycles. The minimum Gasteiger partial charge on any atom is -0.340 e. The Labute approximate surface area is 147 Å². The molecular weight excluding hydrogens is 318 g/mol. The van der Waals surface area contributed by atoms with Gasteiger partial charge in [0.25, 0.3) is 5.69 Å². The van der Waals surface area contributed by atoms with Gasteiger partial charge in [-0.15, -0.1) is 0 Å². The van der Waals surface area contributed by atoms with E-state index in [0.29, 0.717) is 6.04 Å². The Balaban J connectivity index is 1.63. The summed E-state index contributed by atoms with van der Waals surface area (Å²) in [5.74, 6) is 0.766. The number of hydrogen-bond donors (Lipinski definition) is 0. The van der Waals surface area contributed by atoms with Gasteiger partial charge in [0, 0.05) is 50.2 Å². The van der Waals surface area contributed by atoms with E-state index >= 15 is 0 Å². The number of nitro groups is 1. The molecule has 7 heteroatoms. The number of nitro benzene ring substituents is 1. The maximum absolute atomic E-state index is 10.8. The quantitative estimate of drug-likeness (QED) is 0.615. The van der Waals surface area contributed by atoms with Crippen molar-refractivity contribution < 1.29 is 4.92 Å². The van der Waals surface area contributed by atoms with Crippen LogP contribution in [0, 0.1) is 17.0 Å². The lowest BCUT2D eigenvalue weighted by molar-refractivity contribution is -0.384. The predicted molar refractivity (Wildman–Crippen MR) is 96.6 cm³/mol. The lowest BCUT2D eigenvalue weighted by Crippen LogP contribution is -2.46. The molecule has 1 atom stereocenters. The summed E-state index contributed by atoms with van der Waals surface area (Å²) in [6.07, 6.45) is 4.03. The minimum atomic E-state index is -0.364. The first-order valence-electron chi connectivity index (χ1n) is 8.51. The summed E-state index contributed by atoms with van der Waals surface area (Å²) in [7, 11) is 2.05. The van der Waals surface area contributed by atoms with Gasteiger partial charge in [0.1, 0.15) is 0 Å². The molecule has 0 saturated carbocycles. The Kier molecular flexibility index (Phi) is 5.23. The van der Waals surface area contributed by atoms with E-state index in [1.165, 1.54) is 0 Å². The van der Waals surface area contributed by atoms with Gasteiger partial charge in [-0.05, 0) is 37.9 Å².